The fourth-order valence-electron chi connectivity index (χ4n) is 6.80. The summed E-state index contributed by atoms with van der Waals surface area (Å²) >= 11 is 5.41. The number of ether oxygens (including phenoxy) is 1. The number of β-amino-alcohol motifs (C(OH)–C–C–N with tert-alkyl or cyclic N) is 1. The van der Waals surface area contributed by atoms with E-state index >= 15 is 0 Å². The van der Waals surface area contributed by atoms with Crippen LogP contribution in [0.15, 0.2) is 79.9 Å². The van der Waals surface area contributed by atoms with Gasteiger partial charge in [0.2, 0.25) is 11.8 Å². The number of aliphatic hydroxyl groups is 1. The second-order valence-electron chi connectivity index (χ2n) is 10.8. The van der Waals surface area contributed by atoms with Crippen LogP contribution in [0.3, 0.4) is 0 Å². The lowest BCUT2D eigenvalue weighted by Crippen LogP contribution is -2.56. The molecule has 10 heteroatoms. The number of fused-ring (bicyclic) bond motifs is 1. The van der Waals surface area contributed by atoms with Crippen molar-refractivity contribution in [1.29, 1.82) is 0 Å². The zero-order valence-electron chi connectivity index (χ0n) is 23.6. The first-order chi connectivity index (χ1) is 20.3. The highest BCUT2D eigenvalue weighted by Gasteiger charge is 2.76. The molecule has 3 amide bonds. The average molecular weight is 655 g/mol. The van der Waals surface area contributed by atoms with Gasteiger partial charge in [-0.05, 0) is 36.2 Å². The number of aliphatic hydroxyl groups excluding tert-OH is 1. The molecule has 0 aliphatic carbocycles. The number of amides is 3. The van der Waals surface area contributed by atoms with Gasteiger partial charge in [-0.15, -0.1) is 24.9 Å². The normalized spacial score (nSPS) is 27.5. The molecule has 3 saturated heterocycles. The summed E-state index contributed by atoms with van der Waals surface area (Å²) in [5.41, 5.74) is 1.64. The minimum atomic E-state index is -0.848. The predicted molar refractivity (Wildman–Crippen MR) is 169 cm³/mol. The molecule has 2 bridgehead atoms. The van der Waals surface area contributed by atoms with E-state index in [2.05, 4.69) is 29.1 Å². The van der Waals surface area contributed by atoms with Crippen LogP contribution in [-0.4, -0.2) is 86.8 Å². The maximum atomic E-state index is 14.5. The number of hydrogen-bond donors (Lipinski definition) is 1. The summed E-state index contributed by atoms with van der Waals surface area (Å²) in [4.78, 5) is 47.9. The van der Waals surface area contributed by atoms with Crippen molar-refractivity contribution in [3.05, 3.63) is 85.5 Å². The van der Waals surface area contributed by atoms with Gasteiger partial charge >= 0.3 is 0 Å². The lowest BCUT2D eigenvalue weighted by molar-refractivity contribution is -0.144. The first-order valence-corrected chi connectivity index (χ1v) is 15.8. The first kappa shape index (κ1) is 30.4. The van der Waals surface area contributed by atoms with Gasteiger partial charge in [-0.1, -0.05) is 58.4 Å². The lowest BCUT2D eigenvalue weighted by atomic mass is 9.70. The molecule has 3 aliphatic heterocycles. The van der Waals surface area contributed by atoms with Gasteiger partial charge in [0.05, 0.1) is 30.3 Å². The number of benzene rings is 2. The van der Waals surface area contributed by atoms with Crippen LogP contribution < -0.4 is 9.64 Å². The Bertz CT molecular complexity index is 1340. The Morgan fingerprint density at radius 1 is 1.12 bits per heavy atom. The number of alkyl halides is 1. The van der Waals surface area contributed by atoms with E-state index in [4.69, 9.17) is 4.74 Å². The van der Waals surface area contributed by atoms with Crippen molar-refractivity contribution >= 4 is 51.1 Å². The van der Waals surface area contributed by atoms with Crippen LogP contribution in [0.1, 0.15) is 12.0 Å². The molecule has 2 aromatic rings. The molecule has 42 heavy (non-hydrogen) atoms. The second-order valence-corrected chi connectivity index (χ2v) is 13.6. The van der Waals surface area contributed by atoms with Gasteiger partial charge < -0.3 is 24.5 Å². The number of hydrogen-bond acceptors (Lipinski definition) is 6. The van der Waals surface area contributed by atoms with Gasteiger partial charge in [-0.25, -0.2) is 0 Å². The molecule has 0 saturated carbocycles. The summed E-state index contributed by atoms with van der Waals surface area (Å²) < 4.78 is 4.47. The molecule has 8 nitrogen and oxygen atoms in total. The lowest BCUT2D eigenvalue weighted by Gasteiger charge is -2.38. The van der Waals surface area contributed by atoms with Crippen LogP contribution >= 0.6 is 27.7 Å². The van der Waals surface area contributed by atoms with E-state index in [9.17, 15) is 19.5 Å². The Morgan fingerprint density at radius 2 is 1.81 bits per heavy atom. The van der Waals surface area contributed by atoms with E-state index in [0.29, 0.717) is 30.9 Å². The molecule has 2 aromatic carbocycles. The second kappa shape index (κ2) is 12.7. The van der Waals surface area contributed by atoms with Gasteiger partial charge in [-0.2, -0.15) is 0 Å². The van der Waals surface area contributed by atoms with E-state index < -0.39 is 22.6 Å². The topological polar surface area (TPSA) is 90.4 Å². The zero-order chi connectivity index (χ0) is 30.0. The highest BCUT2D eigenvalue weighted by atomic mass is 79.9. The number of likely N-dealkylation sites (tertiary alicyclic amines) is 1. The van der Waals surface area contributed by atoms with Gasteiger partial charge in [0.25, 0.3) is 5.91 Å². The predicted octanol–water partition coefficient (Wildman–Crippen LogP) is 3.89. The summed E-state index contributed by atoms with van der Waals surface area (Å²) in [7, 11) is 1.58. The standard InChI is InChI=1S/C32H36BrN3O5S/c1-4-15-34(20-21-9-7-6-8-10-21)29(38)25-26-30(39)36(17-18-37)28(32(26)19-24(33)27(25)42-32)31(40)35(16-5-2)22-11-13-23(41-3)14-12-22/h4-14,24-28,37H,1-2,15-20H2,3H3/t24?,25-,26-,27-,28?,32?/m0/s1. The number of carbonyl (C=O) groups is 3. The van der Waals surface area contributed by atoms with Crippen molar-refractivity contribution in [2.75, 3.05) is 38.3 Å². The third-order valence-electron chi connectivity index (χ3n) is 8.49. The molecular weight excluding hydrogens is 618 g/mol. The molecule has 1 spiro atoms. The molecule has 3 fully saturated rings. The van der Waals surface area contributed by atoms with E-state index in [1.54, 1.807) is 65.1 Å². The highest BCUT2D eigenvalue weighted by Crippen LogP contribution is 2.68. The van der Waals surface area contributed by atoms with Crippen LogP contribution in [0.4, 0.5) is 5.69 Å². The average Bonchev–Trinajstić information content (AvgIpc) is 3.59. The smallest absolute Gasteiger partial charge is 0.251 e. The number of carbonyl (C=O) groups excluding carboxylic acids is 3. The fraction of sp³-hybridized carbons (Fsp3) is 0.406. The third-order valence-corrected chi connectivity index (χ3v) is 11.7. The van der Waals surface area contributed by atoms with Gasteiger partial charge in [0.1, 0.15) is 11.8 Å². The summed E-state index contributed by atoms with van der Waals surface area (Å²) in [5, 5.41) is 9.82. The first-order valence-electron chi connectivity index (χ1n) is 14.0. The number of rotatable bonds is 12. The van der Waals surface area contributed by atoms with Crippen molar-refractivity contribution in [2.24, 2.45) is 11.8 Å². The van der Waals surface area contributed by atoms with Gasteiger partial charge in [-0.3, -0.25) is 14.4 Å². The summed E-state index contributed by atoms with van der Waals surface area (Å²) in [5.74, 6) is -1.25. The quantitative estimate of drug-likeness (QED) is 0.276. The van der Waals surface area contributed by atoms with Crippen LogP contribution in [0.25, 0.3) is 0 Å². The Labute approximate surface area is 259 Å². The summed E-state index contributed by atoms with van der Waals surface area (Å²) in [6, 6.07) is 16.1. The van der Waals surface area contributed by atoms with Crippen molar-refractivity contribution in [3.63, 3.8) is 0 Å². The molecule has 222 valence electrons. The van der Waals surface area contributed by atoms with E-state index in [0.717, 1.165) is 5.56 Å². The van der Waals surface area contributed by atoms with E-state index in [1.165, 1.54) is 4.90 Å². The largest absolute Gasteiger partial charge is 0.497 e. The van der Waals surface area contributed by atoms with Crippen molar-refractivity contribution in [3.8, 4) is 5.75 Å². The molecule has 0 aromatic heterocycles. The molecule has 5 rings (SSSR count). The molecule has 3 aliphatic rings. The highest BCUT2D eigenvalue weighted by molar-refractivity contribution is 9.09. The van der Waals surface area contributed by atoms with E-state index in [1.807, 2.05) is 30.3 Å². The molecule has 0 radical (unpaired) electrons. The number of anilines is 1. The summed E-state index contributed by atoms with van der Waals surface area (Å²) in [6.45, 7) is 8.43. The minimum Gasteiger partial charge on any atom is -0.497 e. The van der Waals surface area contributed by atoms with Crippen molar-refractivity contribution in [2.45, 2.75) is 33.8 Å². The van der Waals surface area contributed by atoms with Crippen LogP contribution in [0.2, 0.25) is 0 Å². The Kier molecular flexibility index (Phi) is 9.15. The number of halogens is 1. The van der Waals surface area contributed by atoms with Crippen molar-refractivity contribution < 1.29 is 24.2 Å². The number of thioether (sulfide) groups is 1. The Balaban J connectivity index is 1.53. The molecule has 6 atom stereocenters. The third kappa shape index (κ3) is 5.18. The molecule has 3 unspecified atom stereocenters. The molecule has 3 heterocycles. The number of nitrogens with zero attached hydrogens (tertiary/aromatic N) is 3. The van der Waals surface area contributed by atoms with Crippen molar-refractivity contribution in [1.82, 2.24) is 9.80 Å². The SMILES string of the molecule is C=CCN(Cc1ccccc1)C(=O)[C@H]1[C@H]2C(=O)N(CCO)C(C(=O)N(CC=C)c3ccc(OC)cc3)C23CC(Br)[C@@H]1S3. The minimum absolute atomic E-state index is 0.0114. The molecular formula is C32H36BrN3O5S. The van der Waals surface area contributed by atoms with Crippen LogP contribution in [-0.2, 0) is 20.9 Å². The van der Waals surface area contributed by atoms with Crippen LogP contribution in [0, 0.1) is 11.8 Å². The zero-order valence-corrected chi connectivity index (χ0v) is 26.0. The fourth-order valence-corrected chi connectivity index (χ4v) is 10.4. The maximum Gasteiger partial charge on any atom is 0.251 e. The number of methoxy groups -OCH3 is 1. The van der Waals surface area contributed by atoms with Crippen LogP contribution in [0.5, 0.6) is 5.75 Å². The van der Waals surface area contributed by atoms with Gasteiger partial charge in [0, 0.05) is 41.9 Å². The van der Waals surface area contributed by atoms with Gasteiger partial charge in [0.15, 0.2) is 0 Å². The molecule has 1 N–H and O–H groups in total. The maximum absolute atomic E-state index is 14.5. The van der Waals surface area contributed by atoms with E-state index in [-0.39, 0.29) is 47.5 Å². The Morgan fingerprint density at radius 3 is 2.43 bits per heavy atom. The Hall–Kier alpha value is -3.08. The summed E-state index contributed by atoms with van der Waals surface area (Å²) in [6.07, 6.45) is 3.91. The monoisotopic (exact) mass is 653 g/mol.